The third kappa shape index (κ3) is 54.7. The van der Waals surface area contributed by atoms with Crippen molar-refractivity contribution in [3.05, 3.63) is 24.3 Å². The second-order valence-electron chi connectivity index (χ2n) is 22.4. The summed E-state index contributed by atoms with van der Waals surface area (Å²) in [6, 6.07) is -0.900. The second-order valence-corrected chi connectivity index (χ2v) is 23.8. The van der Waals surface area contributed by atoms with Gasteiger partial charge >= 0.3 is 0 Å². The van der Waals surface area contributed by atoms with Gasteiger partial charge in [-0.2, -0.15) is 0 Å². The van der Waals surface area contributed by atoms with E-state index in [1.165, 1.54) is 250 Å². The first-order chi connectivity index (χ1) is 34.0. The average molecular weight is 1010 g/mol. The molecule has 0 aromatic carbocycles. The lowest BCUT2D eigenvalue weighted by Gasteiger charge is -2.29. The summed E-state index contributed by atoms with van der Waals surface area (Å²) in [7, 11) is 1.26. The number of carbonyl (C=O) groups excluding carboxylic acids is 1. The number of carbonyl (C=O) groups is 1. The Bertz CT molecular complexity index is 1190. The van der Waals surface area contributed by atoms with E-state index < -0.39 is 20.0 Å². The number of likely N-dealkylation sites (N-methyl/N-ethyl adjacent to an activating group) is 1. The third-order valence-corrected chi connectivity index (χ3v) is 15.1. The van der Waals surface area contributed by atoms with Gasteiger partial charge in [0, 0.05) is 6.42 Å². The monoisotopic (exact) mass is 1010 g/mol. The van der Waals surface area contributed by atoms with Crippen molar-refractivity contribution in [2.75, 3.05) is 40.9 Å². The highest BCUT2D eigenvalue weighted by Gasteiger charge is 2.23. The van der Waals surface area contributed by atoms with Crippen LogP contribution in [0.25, 0.3) is 0 Å². The maximum Gasteiger partial charge on any atom is 0.268 e. The molecule has 3 unspecified atom stereocenters. The minimum absolute atomic E-state index is 0.00367. The molecule has 0 spiro atoms. The molecule has 2 N–H and O–H groups in total. The standard InChI is InChI=1S/C61H121N2O6P/c1-6-8-10-12-14-16-18-20-22-24-26-27-28-29-30-31-32-33-34-35-37-39-41-43-45-47-49-51-53-55-61(65)62-59(58-69-70(66,67)68-57-56-63(3,4)5)60(64)54-52-50-48-46-44-42-40-38-36-25-23-21-19-17-15-13-11-9-7-2/h44,46,52,54,59-60,64H,6-43,45,47-51,53,55-58H2,1-5H3,(H-,62,65,66,67)/b46-44+,54-52+. The van der Waals surface area contributed by atoms with Crippen molar-refractivity contribution >= 4 is 13.7 Å². The molecule has 0 fully saturated rings. The molecule has 8 nitrogen and oxygen atoms in total. The van der Waals surface area contributed by atoms with Crippen LogP contribution in [0.1, 0.15) is 309 Å². The first-order valence-corrected chi connectivity index (χ1v) is 32.2. The first-order valence-electron chi connectivity index (χ1n) is 30.7. The number of phosphoric acid groups is 1. The third-order valence-electron chi connectivity index (χ3n) is 14.2. The minimum Gasteiger partial charge on any atom is -0.756 e. The minimum atomic E-state index is -4.60. The number of aliphatic hydroxyl groups is 1. The van der Waals surface area contributed by atoms with Gasteiger partial charge in [0.25, 0.3) is 7.82 Å². The Morgan fingerprint density at radius 1 is 0.486 bits per heavy atom. The quantitative estimate of drug-likeness (QED) is 0.0272. The Morgan fingerprint density at radius 3 is 1.16 bits per heavy atom. The zero-order chi connectivity index (χ0) is 51.3. The summed E-state index contributed by atoms with van der Waals surface area (Å²) in [5.41, 5.74) is 0. The molecule has 0 aliphatic carbocycles. The van der Waals surface area contributed by atoms with Crippen LogP contribution in [0.5, 0.6) is 0 Å². The van der Waals surface area contributed by atoms with E-state index in [0.29, 0.717) is 17.4 Å². The molecule has 0 aromatic rings. The molecule has 3 atom stereocenters. The Balaban J connectivity index is 4.11. The predicted octanol–water partition coefficient (Wildman–Crippen LogP) is 18.1. The number of quaternary nitrogens is 1. The van der Waals surface area contributed by atoms with Crippen molar-refractivity contribution < 1.29 is 32.9 Å². The van der Waals surface area contributed by atoms with Crippen molar-refractivity contribution in [3.8, 4) is 0 Å². The van der Waals surface area contributed by atoms with Gasteiger partial charge in [0.2, 0.25) is 5.91 Å². The van der Waals surface area contributed by atoms with E-state index in [1.54, 1.807) is 6.08 Å². The van der Waals surface area contributed by atoms with E-state index >= 15 is 0 Å². The number of nitrogens with one attached hydrogen (secondary N) is 1. The van der Waals surface area contributed by atoms with Crippen molar-refractivity contribution in [1.29, 1.82) is 0 Å². The summed E-state index contributed by atoms with van der Waals surface area (Å²) in [5.74, 6) is -0.200. The van der Waals surface area contributed by atoms with E-state index in [2.05, 4.69) is 31.3 Å². The van der Waals surface area contributed by atoms with Crippen molar-refractivity contribution in [2.45, 2.75) is 321 Å². The Hall–Kier alpha value is -1.02. The molecule has 70 heavy (non-hydrogen) atoms. The van der Waals surface area contributed by atoms with Crippen LogP contribution in [0, 0.1) is 0 Å². The fourth-order valence-electron chi connectivity index (χ4n) is 9.35. The lowest BCUT2D eigenvalue weighted by Crippen LogP contribution is -2.45. The second kappa shape index (κ2) is 52.8. The van der Waals surface area contributed by atoms with Gasteiger partial charge in [-0.05, 0) is 32.1 Å². The molecule has 0 rings (SSSR count). The molecule has 0 saturated carbocycles. The van der Waals surface area contributed by atoms with Gasteiger partial charge in [0.1, 0.15) is 13.2 Å². The van der Waals surface area contributed by atoms with Gasteiger partial charge in [0.05, 0.1) is 39.9 Å². The van der Waals surface area contributed by atoms with Crippen molar-refractivity contribution in [3.63, 3.8) is 0 Å². The van der Waals surface area contributed by atoms with Gasteiger partial charge in [0.15, 0.2) is 0 Å². The zero-order valence-electron chi connectivity index (χ0n) is 47.5. The number of amides is 1. The molecular weight excluding hydrogens is 888 g/mol. The maximum absolute atomic E-state index is 13.0. The summed E-state index contributed by atoms with van der Waals surface area (Å²) in [5, 5.41) is 13.9. The molecular formula is C61H121N2O6P. The number of allylic oxidation sites excluding steroid dienone is 3. The van der Waals surface area contributed by atoms with E-state index in [-0.39, 0.29) is 19.1 Å². The summed E-state index contributed by atoms with van der Waals surface area (Å²) in [6.45, 7) is 4.68. The number of rotatable bonds is 57. The van der Waals surface area contributed by atoms with Crippen LogP contribution < -0.4 is 10.2 Å². The fourth-order valence-corrected chi connectivity index (χ4v) is 10.1. The molecule has 0 bridgehead atoms. The molecule has 9 heteroatoms. The van der Waals surface area contributed by atoms with Gasteiger partial charge in [-0.1, -0.05) is 295 Å². The highest BCUT2D eigenvalue weighted by molar-refractivity contribution is 7.45. The summed E-state index contributed by atoms with van der Waals surface area (Å²) < 4.78 is 23.4. The smallest absolute Gasteiger partial charge is 0.268 e. The molecule has 416 valence electrons. The molecule has 0 saturated heterocycles. The maximum atomic E-state index is 13.0. The van der Waals surface area contributed by atoms with E-state index in [4.69, 9.17) is 9.05 Å². The van der Waals surface area contributed by atoms with Crippen LogP contribution in [0.4, 0.5) is 0 Å². The first kappa shape index (κ1) is 69.0. The largest absolute Gasteiger partial charge is 0.756 e. The van der Waals surface area contributed by atoms with Gasteiger partial charge in [-0.3, -0.25) is 9.36 Å². The number of nitrogens with zero attached hydrogens (tertiary/aromatic N) is 1. The normalized spacial score (nSPS) is 14.0. The van der Waals surface area contributed by atoms with Crippen LogP contribution in [0.15, 0.2) is 24.3 Å². The lowest BCUT2D eigenvalue weighted by atomic mass is 10.0. The van der Waals surface area contributed by atoms with Crippen molar-refractivity contribution in [1.82, 2.24) is 5.32 Å². The summed E-state index contributed by atoms with van der Waals surface area (Å²) >= 11 is 0. The number of aliphatic hydroxyl groups excluding tert-OH is 1. The summed E-state index contributed by atoms with van der Waals surface area (Å²) in [6.07, 6.45) is 67.1. The van der Waals surface area contributed by atoms with Gasteiger partial charge in [-0.25, -0.2) is 0 Å². The Morgan fingerprint density at radius 2 is 0.800 bits per heavy atom. The van der Waals surface area contributed by atoms with E-state index in [1.807, 2.05) is 27.2 Å². The SMILES string of the molecule is CCCCCCCCCCCCCCC/C=C/CC/C=C/C(O)C(COP(=O)([O-])OCC[N+](C)(C)C)NC(=O)CCCCCCCCCCCCCCCCCCCCCCCCCCCCCCC. The predicted molar refractivity (Wildman–Crippen MR) is 302 cm³/mol. The van der Waals surface area contributed by atoms with E-state index in [9.17, 15) is 19.4 Å². The van der Waals surface area contributed by atoms with Crippen LogP contribution in [-0.4, -0.2) is 68.5 Å². The molecule has 0 aliphatic heterocycles. The molecule has 0 heterocycles. The molecule has 0 radical (unpaired) electrons. The topological polar surface area (TPSA) is 108 Å². The van der Waals surface area contributed by atoms with Crippen LogP contribution in [0.2, 0.25) is 0 Å². The molecule has 0 aromatic heterocycles. The molecule has 0 aliphatic rings. The van der Waals surface area contributed by atoms with Crippen LogP contribution in [-0.2, 0) is 18.4 Å². The fraction of sp³-hybridized carbons (Fsp3) is 0.918. The lowest BCUT2D eigenvalue weighted by molar-refractivity contribution is -0.870. The number of hydrogen-bond donors (Lipinski definition) is 2. The number of unbranched alkanes of at least 4 members (excludes halogenated alkanes) is 42. The summed E-state index contributed by atoms with van der Waals surface area (Å²) in [4.78, 5) is 25.5. The Labute approximate surface area is 436 Å². The number of phosphoric ester groups is 1. The van der Waals surface area contributed by atoms with Gasteiger partial charge in [-0.15, -0.1) is 0 Å². The van der Waals surface area contributed by atoms with E-state index in [0.717, 1.165) is 38.5 Å². The van der Waals surface area contributed by atoms with Crippen LogP contribution >= 0.6 is 7.82 Å². The molecule has 1 amide bonds. The zero-order valence-corrected chi connectivity index (χ0v) is 48.4. The average Bonchev–Trinajstić information content (AvgIpc) is 3.32. The van der Waals surface area contributed by atoms with Crippen molar-refractivity contribution in [2.24, 2.45) is 0 Å². The highest BCUT2D eigenvalue weighted by atomic mass is 31.2. The number of hydrogen-bond acceptors (Lipinski definition) is 6. The van der Waals surface area contributed by atoms with Crippen LogP contribution in [0.3, 0.4) is 0 Å². The highest BCUT2D eigenvalue weighted by Crippen LogP contribution is 2.38. The Kier molecular flexibility index (Phi) is 52.1. The van der Waals surface area contributed by atoms with Gasteiger partial charge < -0.3 is 28.8 Å².